The van der Waals surface area contributed by atoms with Crippen LogP contribution in [-0.4, -0.2) is 23.5 Å². The Morgan fingerprint density at radius 3 is 2.47 bits per heavy atom. The fourth-order valence-electron chi connectivity index (χ4n) is 1.42. The van der Waals surface area contributed by atoms with Crippen molar-refractivity contribution in [3.8, 4) is 5.75 Å². The van der Waals surface area contributed by atoms with Gasteiger partial charge < -0.3 is 9.84 Å². The van der Waals surface area contributed by atoms with Crippen LogP contribution in [0.1, 0.15) is 30.6 Å². The summed E-state index contributed by atoms with van der Waals surface area (Å²) in [5, 5.41) is 8.67. The van der Waals surface area contributed by atoms with Gasteiger partial charge in [-0.3, -0.25) is 4.79 Å². The van der Waals surface area contributed by atoms with Gasteiger partial charge in [0.2, 0.25) is 0 Å². The number of ether oxygens (including phenoxy) is 1. The van der Waals surface area contributed by atoms with E-state index in [4.69, 9.17) is 33.0 Å². The lowest BCUT2D eigenvalue weighted by Crippen LogP contribution is -2.12. The number of carbonyl (C=O) groups excluding carboxylic acids is 1. The Kier molecular flexibility index (Phi) is 5.63. The van der Waals surface area contributed by atoms with Crippen LogP contribution in [0.2, 0.25) is 10.0 Å². The molecule has 4 nitrogen and oxygen atoms in total. The molecule has 6 heteroatoms. The molecule has 0 saturated carbocycles. The number of hydrogen-bond donors (Lipinski definition) is 1. The van der Waals surface area contributed by atoms with Gasteiger partial charge in [-0.05, 0) is 18.6 Å². The smallest absolute Gasteiger partial charge is 0.341 e. The molecule has 0 fully saturated rings. The van der Waals surface area contributed by atoms with Gasteiger partial charge in [0.15, 0.2) is 12.4 Å². The molecule has 0 aliphatic rings. The van der Waals surface area contributed by atoms with E-state index >= 15 is 0 Å². The third kappa shape index (κ3) is 3.85. The van der Waals surface area contributed by atoms with Crippen LogP contribution < -0.4 is 4.74 Å². The van der Waals surface area contributed by atoms with Gasteiger partial charge >= 0.3 is 5.97 Å². The molecule has 0 bridgehead atoms. The predicted octanol–water partition coefficient (Wildman–Crippen LogP) is 3.69. The Morgan fingerprint density at radius 1 is 1.32 bits per heavy atom. The van der Waals surface area contributed by atoms with Gasteiger partial charge in [0.05, 0.1) is 5.02 Å². The van der Waals surface area contributed by atoms with E-state index in [-0.39, 0.29) is 27.5 Å². The van der Waals surface area contributed by atoms with Crippen molar-refractivity contribution >= 4 is 35.0 Å². The van der Waals surface area contributed by atoms with E-state index in [9.17, 15) is 9.59 Å². The first-order valence-corrected chi connectivity index (χ1v) is 6.50. The lowest BCUT2D eigenvalue weighted by atomic mass is 9.97. The zero-order valence-corrected chi connectivity index (χ0v) is 12.1. The normalized spacial score (nSPS) is 12.0. The zero-order valence-electron chi connectivity index (χ0n) is 10.6. The van der Waals surface area contributed by atoms with E-state index in [1.807, 2.05) is 6.92 Å². The average molecular weight is 305 g/mol. The van der Waals surface area contributed by atoms with Crippen LogP contribution >= 0.6 is 23.2 Å². The molecule has 0 spiro atoms. The number of benzene rings is 1. The number of rotatable bonds is 6. The Balaban J connectivity index is 3.04. The van der Waals surface area contributed by atoms with Crippen LogP contribution in [0.15, 0.2) is 12.1 Å². The van der Waals surface area contributed by atoms with E-state index in [2.05, 4.69) is 0 Å². The SMILES string of the molecule is CC[C@@H](C)C(=O)c1ccc(OCC(=O)O)c(Cl)c1Cl. The highest BCUT2D eigenvalue weighted by molar-refractivity contribution is 6.44. The summed E-state index contributed by atoms with van der Waals surface area (Å²) in [6.07, 6.45) is 0.698. The fraction of sp³-hybridized carbons (Fsp3) is 0.385. The van der Waals surface area contributed by atoms with E-state index in [1.165, 1.54) is 12.1 Å². The van der Waals surface area contributed by atoms with Gasteiger partial charge in [0.1, 0.15) is 10.8 Å². The molecule has 1 N–H and O–H groups in total. The van der Waals surface area contributed by atoms with Crippen LogP contribution in [0.3, 0.4) is 0 Å². The average Bonchev–Trinajstić information content (AvgIpc) is 2.38. The molecule has 0 radical (unpaired) electrons. The zero-order chi connectivity index (χ0) is 14.6. The molecule has 0 amide bonds. The van der Waals surface area contributed by atoms with Crippen molar-refractivity contribution in [2.75, 3.05) is 6.61 Å². The summed E-state index contributed by atoms with van der Waals surface area (Å²) in [7, 11) is 0. The Morgan fingerprint density at radius 2 is 1.95 bits per heavy atom. The van der Waals surface area contributed by atoms with Crippen molar-refractivity contribution in [2.24, 2.45) is 5.92 Å². The topological polar surface area (TPSA) is 63.6 Å². The second-order valence-corrected chi connectivity index (χ2v) is 4.85. The fourth-order valence-corrected chi connectivity index (χ4v) is 1.89. The van der Waals surface area contributed by atoms with Crippen molar-refractivity contribution in [3.63, 3.8) is 0 Å². The van der Waals surface area contributed by atoms with Crippen LogP contribution in [0.25, 0.3) is 0 Å². The van der Waals surface area contributed by atoms with Crippen LogP contribution in [0.4, 0.5) is 0 Å². The lowest BCUT2D eigenvalue weighted by Gasteiger charge is -2.12. The van der Waals surface area contributed by atoms with Crippen LogP contribution in [0, 0.1) is 5.92 Å². The second-order valence-electron chi connectivity index (χ2n) is 4.10. The summed E-state index contributed by atoms with van der Waals surface area (Å²) in [5.74, 6) is -1.22. The standard InChI is InChI=1S/C13H14Cl2O4/c1-3-7(2)13(18)8-4-5-9(12(15)11(8)14)19-6-10(16)17/h4-5,7H,3,6H2,1-2H3,(H,16,17)/t7-/m1/s1. The summed E-state index contributed by atoms with van der Waals surface area (Å²) in [6.45, 7) is 3.19. The lowest BCUT2D eigenvalue weighted by molar-refractivity contribution is -0.139. The number of carbonyl (C=O) groups is 2. The molecule has 0 unspecified atom stereocenters. The van der Waals surface area contributed by atoms with Gasteiger partial charge in [-0.1, -0.05) is 37.0 Å². The minimum atomic E-state index is -1.12. The maximum Gasteiger partial charge on any atom is 0.341 e. The molecule has 0 heterocycles. The molecule has 0 aromatic heterocycles. The monoisotopic (exact) mass is 304 g/mol. The van der Waals surface area contributed by atoms with Crippen molar-refractivity contribution in [1.29, 1.82) is 0 Å². The molecule has 0 aliphatic heterocycles. The van der Waals surface area contributed by atoms with Crippen molar-refractivity contribution in [2.45, 2.75) is 20.3 Å². The van der Waals surface area contributed by atoms with Gasteiger partial charge in [-0.25, -0.2) is 4.79 Å². The third-order valence-corrected chi connectivity index (χ3v) is 3.59. The molecule has 104 valence electrons. The highest BCUT2D eigenvalue weighted by atomic mass is 35.5. The number of Topliss-reactive ketones (excluding diaryl/α,β-unsaturated/α-hetero) is 1. The first-order valence-electron chi connectivity index (χ1n) is 5.75. The first kappa shape index (κ1) is 15.8. The van der Waals surface area contributed by atoms with Gasteiger partial charge in [0, 0.05) is 11.5 Å². The summed E-state index contributed by atoms with van der Waals surface area (Å²) in [4.78, 5) is 22.5. The molecule has 1 rings (SSSR count). The maximum absolute atomic E-state index is 12.0. The Labute approximate surface area is 121 Å². The molecular formula is C13H14Cl2O4. The third-order valence-electron chi connectivity index (χ3n) is 2.72. The molecular weight excluding hydrogens is 291 g/mol. The predicted molar refractivity (Wildman–Crippen MR) is 73.4 cm³/mol. The van der Waals surface area contributed by atoms with Crippen molar-refractivity contribution < 1.29 is 19.4 Å². The first-order chi connectivity index (χ1) is 8.88. The highest BCUT2D eigenvalue weighted by Crippen LogP contribution is 2.35. The second kappa shape index (κ2) is 6.78. The number of carboxylic acid groups (broad SMARTS) is 1. The van der Waals surface area contributed by atoms with Crippen molar-refractivity contribution in [1.82, 2.24) is 0 Å². The van der Waals surface area contributed by atoms with Gasteiger partial charge in [0.25, 0.3) is 0 Å². The van der Waals surface area contributed by atoms with Crippen LogP contribution in [0.5, 0.6) is 5.75 Å². The van der Waals surface area contributed by atoms with E-state index in [1.54, 1.807) is 6.92 Å². The van der Waals surface area contributed by atoms with E-state index in [0.717, 1.165) is 0 Å². The number of aliphatic carboxylic acids is 1. The molecule has 1 aromatic rings. The Bertz CT molecular complexity index is 500. The summed E-state index contributed by atoms with van der Waals surface area (Å²) in [6, 6.07) is 2.95. The minimum absolute atomic E-state index is 0.0528. The minimum Gasteiger partial charge on any atom is -0.480 e. The molecule has 19 heavy (non-hydrogen) atoms. The van der Waals surface area contributed by atoms with Crippen LogP contribution in [-0.2, 0) is 4.79 Å². The van der Waals surface area contributed by atoms with E-state index < -0.39 is 12.6 Å². The molecule has 1 aromatic carbocycles. The molecule has 0 aliphatic carbocycles. The maximum atomic E-state index is 12.0. The van der Waals surface area contributed by atoms with Gasteiger partial charge in [-0.2, -0.15) is 0 Å². The number of carboxylic acids is 1. The largest absolute Gasteiger partial charge is 0.480 e. The van der Waals surface area contributed by atoms with Gasteiger partial charge in [-0.15, -0.1) is 0 Å². The summed E-state index contributed by atoms with van der Waals surface area (Å²) >= 11 is 12.0. The number of hydrogen-bond acceptors (Lipinski definition) is 3. The van der Waals surface area contributed by atoms with E-state index in [0.29, 0.717) is 12.0 Å². The van der Waals surface area contributed by atoms with Crippen molar-refractivity contribution in [3.05, 3.63) is 27.7 Å². The summed E-state index contributed by atoms with van der Waals surface area (Å²) in [5.41, 5.74) is 0.323. The Hall–Kier alpha value is -1.26. The highest BCUT2D eigenvalue weighted by Gasteiger charge is 2.20. The number of ketones is 1. The molecule has 0 saturated heterocycles. The summed E-state index contributed by atoms with van der Waals surface area (Å²) < 4.78 is 4.97. The number of halogens is 2. The quantitative estimate of drug-likeness (QED) is 0.814. The molecule has 1 atom stereocenters.